The average molecular weight is 301 g/mol. The molecule has 19 heavy (non-hydrogen) atoms. The van der Waals surface area contributed by atoms with Crippen molar-refractivity contribution in [2.45, 2.75) is 19.7 Å². The molecule has 4 heteroatoms. The van der Waals surface area contributed by atoms with Gasteiger partial charge in [-0.15, -0.1) is 11.6 Å². The fourth-order valence-corrected chi connectivity index (χ4v) is 3.07. The molecule has 0 bridgehead atoms. The summed E-state index contributed by atoms with van der Waals surface area (Å²) in [5, 5.41) is 0.815. The molecule has 1 aromatic rings. The lowest BCUT2D eigenvalue weighted by Crippen LogP contribution is -2.47. The quantitative estimate of drug-likeness (QED) is 0.779. The van der Waals surface area contributed by atoms with Crippen LogP contribution in [0, 0.1) is 5.92 Å². The number of nitrogens with zero attached hydrogens (tertiary/aromatic N) is 2. The zero-order valence-corrected chi connectivity index (χ0v) is 13.2. The minimum Gasteiger partial charge on any atom is -0.368 e. The Balaban J connectivity index is 1.97. The third kappa shape index (κ3) is 4.01. The molecular weight excluding hydrogens is 279 g/mol. The molecule has 0 atom stereocenters. The van der Waals surface area contributed by atoms with Crippen molar-refractivity contribution in [3.05, 3.63) is 28.8 Å². The molecule has 2 nitrogen and oxygen atoms in total. The fourth-order valence-electron chi connectivity index (χ4n) is 2.58. The molecule has 0 spiro atoms. The Kier molecular flexibility index (Phi) is 5.37. The number of alkyl halides is 1. The second kappa shape index (κ2) is 6.83. The van der Waals surface area contributed by atoms with Gasteiger partial charge in [0.1, 0.15) is 0 Å². The van der Waals surface area contributed by atoms with Crippen LogP contribution in [0.3, 0.4) is 0 Å². The molecule has 0 aliphatic carbocycles. The van der Waals surface area contributed by atoms with Crippen molar-refractivity contribution in [3.63, 3.8) is 0 Å². The molecule has 0 aromatic heterocycles. The van der Waals surface area contributed by atoms with Gasteiger partial charge in [-0.05, 0) is 23.6 Å². The van der Waals surface area contributed by atoms with E-state index >= 15 is 0 Å². The van der Waals surface area contributed by atoms with Crippen LogP contribution in [0.4, 0.5) is 5.69 Å². The van der Waals surface area contributed by atoms with Crippen LogP contribution in [0.2, 0.25) is 5.02 Å². The largest absolute Gasteiger partial charge is 0.368 e. The summed E-state index contributed by atoms with van der Waals surface area (Å²) in [5.41, 5.74) is 2.22. The van der Waals surface area contributed by atoms with E-state index in [1.54, 1.807) is 0 Å². The fraction of sp³-hybridized carbons (Fsp3) is 0.600. The number of piperazine rings is 1. The smallest absolute Gasteiger partial charge is 0.0642 e. The highest BCUT2D eigenvalue weighted by atomic mass is 35.5. The second-order valence-corrected chi connectivity index (χ2v) is 6.28. The molecule has 0 saturated carbocycles. The molecule has 0 N–H and O–H groups in total. The molecule has 0 unspecified atom stereocenters. The van der Waals surface area contributed by atoms with Gasteiger partial charge in [-0.3, -0.25) is 4.90 Å². The average Bonchev–Trinajstić information content (AvgIpc) is 2.39. The van der Waals surface area contributed by atoms with E-state index in [1.807, 2.05) is 6.07 Å². The van der Waals surface area contributed by atoms with E-state index in [2.05, 4.69) is 35.8 Å². The number of halogens is 2. The summed E-state index contributed by atoms with van der Waals surface area (Å²) in [4.78, 5) is 4.90. The molecular formula is C15H22Cl2N2. The summed E-state index contributed by atoms with van der Waals surface area (Å²) in [7, 11) is 0. The predicted molar refractivity (Wildman–Crippen MR) is 84.5 cm³/mol. The van der Waals surface area contributed by atoms with Gasteiger partial charge in [0, 0.05) is 38.6 Å². The zero-order chi connectivity index (χ0) is 13.8. The number of benzene rings is 1. The van der Waals surface area contributed by atoms with Gasteiger partial charge in [-0.25, -0.2) is 0 Å². The Labute approximate surface area is 126 Å². The van der Waals surface area contributed by atoms with E-state index in [0.29, 0.717) is 5.88 Å². The first-order chi connectivity index (χ1) is 9.10. The Morgan fingerprint density at radius 1 is 1.16 bits per heavy atom. The topological polar surface area (TPSA) is 6.48 Å². The highest BCUT2D eigenvalue weighted by Gasteiger charge is 2.19. The molecule has 1 aliphatic rings. The van der Waals surface area contributed by atoms with E-state index in [9.17, 15) is 0 Å². The maximum atomic E-state index is 6.35. The van der Waals surface area contributed by atoms with Crippen molar-refractivity contribution in [1.82, 2.24) is 4.90 Å². The molecule has 1 heterocycles. The minimum absolute atomic E-state index is 0.516. The Bertz CT molecular complexity index is 413. The first-order valence-electron chi connectivity index (χ1n) is 6.92. The number of rotatable bonds is 4. The first kappa shape index (κ1) is 15.0. The van der Waals surface area contributed by atoms with Gasteiger partial charge in [0.05, 0.1) is 10.7 Å². The van der Waals surface area contributed by atoms with Gasteiger partial charge in [0.2, 0.25) is 0 Å². The van der Waals surface area contributed by atoms with Crippen LogP contribution in [0.25, 0.3) is 0 Å². The lowest BCUT2D eigenvalue weighted by atomic mass is 10.1. The summed E-state index contributed by atoms with van der Waals surface area (Å²) in [6.07, 6.45) is 0. The molecule has 2 rings (SSSR count). The van der Waals surface area contributed by atoms with E-state index < -0.39 is 0 Å². The van der Waals surface area contributed by atoms with Crippen LogP contribution in [0.15, 0.2) is 18.2 Å². The van der Waals surface area contributed by atoms with E-state index in [0.717, 1.165) is 48.4 Å². The molecule has 0 amide bonds. The molecule has 0 radical (unpaired) electrons. The predicted octanol–water partition coefficient (Wildman–Crippen LogP) is 3.86. The SMILES string of the molecule is CC(C)CN1CCN(c2ccc(CCl)cc2Cl)CC1. The van der Waals surface area contributed by atoms with E-state index in [4.69, 9.17) is 23.2 Å². The van der Waals surface area contributed by atoms with Crippen LogP contribution < -0.4 is 4.90 Å². The maximum absolute atomic E-state index is 6.35. The number of hydrogen-bond acceptors (Lipinski definition) is 2. The van der Waals surface area contributed by atoms with Crippen molar-refractivity contribution in [2.24, 2.45) is 5.92 Å². The second-order valence-electron chi connectivity index (χ2n) is 5.60. The summed E-state index contributed by atoms with van der Waals surface area (Å²) < 4.78 is 0. The summed E-state index contributed by atoms with van der Waals surface area (Å²) in [5.74, 6) is 1.25. The van der Waals surface area contributed by atoms with E-state index in [-0.39, 0.29) is 0 Å². The first-order valence-corrected chi connectivity index (χ1v) is 7.83. The lowest BCUT2D eigenvalue weighted by Gasteiger charge is -2.37. The molecule has 1 aromatic carbocycles. The van der Waals surface area contributed by atoms with Gasteiger partial charge >= 0.3 is 0 Å². The Hall–Kier alpha value is -0.440. The highest BCUT2D eigenvalue weighted by molar-refractivity contribution is 6.33. The van der Waals surface area contributed by atoms with Crippen LogP contribution >= 0.6 is 23.2 Å². The third-order valence-corrected chi connectivity index (χ3v) is 4.11. The third-order valence-electron chi connectivity index (χ3n) is 3.50. The summed E-state index contributed by atoms with van der Waals surface area (Å²) in [6.45, 7) is 10.1. The molecule has 1 aliphatic heterocycles. The van der Waals surface area contributed by atoms with Gasteiger partial charge in [-0.1, -0.05) is 31.5 Å². The van der Waals surface area contributed by atoms with Crippen LogP contribution in [-0.4, -0.2) is 37.6 Å². The van der Waals surface area contributed by atoms with Crippen molar-refractivity contribution >= 4 is 28.9 Å². The molecule has 1 fully saturated rings. The van der Waals surface area contributed by atoms with Crippen molar-refractivity contribution in [2.75, 3.05) is 37.6 Å². The maximum Gasteiger partial charge on any atom is 0.0642 e. The number of hydrogen-bond donors (Lipinski definition) is 0. The molecule has 1 saturated heterocycles. The van der Waals surface area contributed by atoms with Gasteiger partial charge in [0.15, 0.2) is 0 Å². The van der Waals surface area contributed by atoms with Gasteiger partial charge in [-0.2, -0.15) is 0 Å². The standard InChI is InChI=1S/C15H22Cl2N2/c1-12(2)11-18-5-7-19(8-6-18)15-4-3-13(10-16)9-14(15)17/h3-4,9,12H,5-8,10-11H2,1-2H3. The van der Waals surface area contributed by atoms with Crippen LogP contribution in [0.1, 0.15) is 19.4 Å². The zero-order valence-electron chi connectivity index (χ0n) is 11.7. The minimum atomic E-state index is 0.516. The number of anilines is 1. The Morgan fingerprint density at radius 2 is 1.84 bits per heavy atom. The highest BCUT2D eigenvalue weighted by Crippen LogP contribution is 2.28. The van der Waals surface area contributed by atoms with E-state index in [1.165, 1.54) is 6.54 Å². The van der Waals surface area contributed by atoms with Crippen molar-refractivity contribution < 1.29 is 0 Å². The summed E-state index contributed by atoms with van der Waals surface area (Å²) >= 11 is 12.2. The van der Waals surface area contributed by atoms with Crippen LogP contribution in [-0.2, 0) is 5.88 Å². The van der Waals surface area contributed by atoms with Crippen molar-refractivity contribution in [1.29, 1.82) is 0 Å². The summed E-state index contributed by atoms with van der Waals surface area (Å²) in [6, 6.07) is 6.14. The normalized spacial score (nSPS) is 17.2. The monoisotopic (exact) mass is 300 g/mol. The Morgan fingerprint density at radius 3 is 2.37 bits per heavy atom. The molecule has 106 valence electrons. The van der Waals surface area contributed by atoms with Gasteiger partial charge in [0.25, 0.3) is 0 Å². The lowest BCUT2D eigenvalue weighted by molar-refractivity contribution is 0.231. The van der Waals surface area contributed by atoms with Crippen LogP contribution in [0.5, 0.6) is 0 Å². The van der Waals surface area contributed by atoms with Gasteiger partial charge < -0.3 is 4.90 Å². The van der Waals surface area contributed by atoms with Crippen molar-refractivity contribution in [3.8, 4) is 0 Å².